The van der Waals surface area contributed by atoms with E-state index in [2.05, 4.69) is 10.3 Å². The van der Waals surface area contributed by atoms with Gasteiger partial charge >= 0.3 is 5.97 Å². The van der Waals surface area contributed by atoms with E-state index in [4.69, 9.17) is 9.84 Å². The SMILES string of the molecule is O=C(O)c1csc(CNC(=O)[C@@H]2CCOc3ccccc32)n1. The smallest absolute Gasteiger partial charge is 0.355 e. The largest absolute Gasteiger partial charge is 0.493 e. The summed E-state index contributed by atoms with van der Waals surface area (Å²) in [4.78, 5) is 27.1. The highest BCUT2D eigenvalue weighted by Gasteiger charge is 2.27. The van der Waals surface area contributed by atoms with Crippen molar-refractivity contribution < 1.29 is 19.4 Å². The van der Waals surface area contributed by atoms with Gasteiger partial charge in [0.25, 0.3) is 0 Å². The third-order valence-corrected chi connectivity index (χ3v) is 4.31. The zero-order valence-corrected chi connectivity index (χ0v) is 12.4. The lowest BCUT2D eigenvalue weighted by Crippen LogP contribution is -2.32. The van der Waals surface area contributed by atoms with Gasteiger partial charge in [-0.1, -0.05) is 18.2 Å². The Balaban J connectivity index is 1.66. The minimum atomic E-state index is -1.06. The fraction of sp³-hybridized carbons (Fsp3) is 0.267. The van der Waals surface area contributed by atoms with Crippen LogP contribution in [0.3, 0.4) is 0 Å². The van der Waals surface area contributed by atoms with Crippen molar-refractivity contribution in [3.05, 3.63) is 45.9 Å². The molecule has 7 heteroatoms. The van der Waals surface area contributed by atoms with Crippen molar-refractivity contribution in [1.82, 2.24) is 10.3 Å². The van der Waals surface area contributed by atoms with Crippen molar-refractivity contribution in [3.63, 3.8) is 0 Å². The molecule has 0 aliphatic carbocycles. The standard InChI is InChI=1S/C15H14N2O4S/c18-14(16-7-13-17-11(8-22-13)15(19)20)10-5-6-21-12-4-2-1-3-9(10)12/h1-4,8,10H,5-7H2,(H,16,18)(H,19,20)/t10-/m1/s1. The molecule has 0 bridgehead atoms. The average Bonchev–Trinajstić information content (AvgIpc) is 3.01. The fourth-order valence-electron chi connectivity index (χ4n) is 2.39. The number of para-hydroxylation sites is 1. The second-order valence-electron chi connectivity index (χ2n) is 4.88. The van der Waals surface area contributed by atoms with Crippen LogP contribution in [0.25, 0.3) is 0 Å². The van der Waals surface area contributed by atoms with E-state index < -0.39 is 5.97 Å². The third-order valence-electron chi connectivity index (χ3n) is 3.46. The van der Waals surface area contributed by atoms with Crippen molar-refractivity contribution >= 4 is 23.2 Å². The molecule has 0 radical (unpaired) electrons. The molecule has 1 aliphatic heterocycles. The van der Waals surface area contributed by atoms with E-state index in [1.54, 1.807) is 0 Å². The number of nitrogens with zero attached hydrogens (tertiary/aromatic N) is 1. The minimum absolute atomic E-state index is 0.00524. The monoisotopic (exact) mass is 318 g/mol. The molecule has 1 atom stereocenters. The van der Waals surface area contributed by atoms with Gasteiger partial charge in [0.2, 0.25) is 5.91 Å². The fourth-order valence-corrected chi connectivity index (χ4v) is 3.10. The van der Waals surface area contributed by atoms with Gasteiger partial charge in [0.15, 0.2) is 5.69 Å². The molecule has 1 aromatic heterocycles. The molecule has 0 fully saturated rings. The maximum absolute atomic E-state index is 12.4. The maximum atomic E-state index is 12.4. The van der Waals surface area contributed by atoms with Gasteiger partial charge in [-0.3, -0.25) is 4.79 Å². The number of thiazole rings is 1. The Morgan fingerprint density at radius 1 is 1.41 bits per heavy atom. The van der Waals surface area contributed by atoms with Crippen LogP contribution in [-0.2, 0) is 11.3 Å². The van der Waals surface area contributed by atoms with Gasteiger partial charge in [0.1, 0.15) is 10.8 Å². The molecule has 2 aromatic rings. The maximum Gasteiger partial charge on any atom is 0.355 e. The number of carbonyl (C=O) groups is 2. The Morgan fingerprint density at radius 2 is 2.23 bits per heavy atom. The van der Waals surface area contributed by atoms with Gasteiger partial charge < -0.3 is 15.2 Å². The summed E-state index contributed by atoms with van der Waals surface area (Å²) in [7, 11) is 0. The third kappa shape index (κ3) is 2.94. The lowest BCUT2D eigenvalue weighted by molar-refractivity contribution is -0.123. The summed E-state index contributed by atoms with van der Waals surface area (Å²) in [5, 5.41) is 13.7. The molecule has 0 unspecified atom stereocenters. The minimum Gasteiger partial charge on any atom is -0.493 e. The summed E-state index contributed by atoms with van der Waals surface area (Å²) in [6, 6.07) is 7.51. The number of carboxylic acid groups (broad SMARTS) is 1. The number of hydrogen-bond donors (Lipinski definition) is 2. The molecule has 0 saturated heterocycles. The molecule has 2 heterocycles. The van der Waals surface area contributed by atoms with Gasteiger partial charge in [0, 0.05) is 10.9 Å². The number of ether oxygens (including phenoxy) is 1. The molecular formula is C15H14N2O4S. The molecular weight excluding hydrogens is 304 g/mol. The van der Waals surface area contributed by atoms with Gasteiger partial charge in [0.05, 0.1) is 19.1 Å². The molecule has 114 valence electrons. The molecule has 22 heavy (non-hydrogen) atoms. The number of amides is 1. The number of aromatic nitrogens is 1. The number of nitrogens with one attached hydrogen (secondary N) is 1. The number of hydrogen-bond acceptors (Lipinski definition) is 5. The van der Waals surface area contributed by atoms with E-state index in [-0.39, 0.29) is 24.1 Å². The summed E-state index contributed by atoms with van der Waals surface area (Å²) in [6.07, 6.45) is 0.626. The van der Waals surface area contributed by atoms with E-state index in [1.165, 1.54) is 16.7 Å². The predicted octanol–water partition coefficient (Wildman–Crippen LogP) is 2.02. The quantitative estimate of drug-likeness (QED) is 0.900. The van der Waals surface area contributed by atoms with Crippen LogP contribution in [0.2, 0.25) is 0 Å². The molecule has 1 aliphatic rings. The van der Waals surface area contributed by atoms with Crippen LogP contribution in [0.4, 0.5) is 0 Å². The van der Waals surface area contributed by atoms with E-state index in [1.807, 2.05) is 24.3 Å². The second kappa shape index (κ2) is 6.15. The van der Waals surface area contributed by atoms with Gasteiger partial charge in [-0.25, -0.2) is 9.78 Å². The summed E-state index contributed by atoms with van der Waals surface area (Å²) in [5.74, 6) is -0.657. The summed E-state index contributed by atoms with van der Waals surface area (Å²) in [6.45, 7) is 0.742. The van der Waals surface area contributed by atoms with Gasteiger partial charge in [-0.2, -0.15) is 0 Å². The summed E-state index contributed by atoms with van der Waals surface area (Å²) < 4.78 is 5.54. The second-order valence-corrected chi connectivity index (χ2v) is 5.82. The average molecular weight is 318 g/mol. The molecule has 1 aromatic carbocycles. The highest BCUT2D eigenvalue weighted by Crippen LogP contribution is 2.33. The van der Waals surface area contributed by atoms with E-state index in [0.717, 1.165) is 11.3 Å². The molecule has 6 nitrogen and oxygen atoms in total. The molecule has 3 rings (SSSR count). The molecule has 1 amide bonds. The van der Waals surface area contributed by atoms with Crippen LogP contribution in [0.1, 0.15) is 33.4 Å². The highest BCUT2D eigenvalue weighted by molar-refractivity contribution is 7.09. The first-order chi connectivity index (χ1) is 10.6. The Bertz CT molecular complexity index is 713. The van der Waals surface area contributed by atoms with Crippen molar-refractivity contribution in [2.75, 3.05) is 6.61 Å². The van der Waals surface area contributed by atoms with Crippen LogP contribution in [0.15, 0.2) is 29.6 Å². The lowest BCUT2D eigenvalue weighted by Gasteiger charge is -2.24. The van der Waals surface area contributed by atoms with E-state index in [0.29, 0.717) is 18.0 Å². The lowest BCUT2D eigenvalue weighted by atomic mass is 9.92. The van der Waals surface area contributed by atoms with E-state index in [9.17, 15) is 9.59 Å². The van der Waals surface area contributed by atoms with E-state index >= 15 is 0 Å². The van der Waals surface area contributed by atoms with Crippen molar-refractivity contribution in [3.8, 4) is 5.75 Å². The summed E-state index contributed by atoms with van der Waals surface area (Å²) in [5.41, 5.74) is 0.891. The van der Waals surface area contributed by atoms with Gasteiger partial charge in [-0.15, -0.1) is 11.3 Å². The normalized spacial score (nSPS) is 16.5. The zero-order valence-electron chi connectivity index (χ0n) is 11.6. The predicted molar refractivity (Wildman–Crippen MR) is 80.2 cm³/mol. The number of benzene rings is 1. The summed E-state index contributed by atoms with van der Waals surface area (Å²) >= 11 is 1.22. The van der Waals surface area contributed by atoms with Crippen LogP contribution in [0, 0.1) is 0 Å². The first kappa shape index (κ1) is 14.5. The Morgan fingerprint density at radius 3 is 3.00 bits per heavy atom. The van der Waals surface area contributed by atoms with Crippen LogP contribution < -0.4 is 10.1 Å². The van der Waals surface area contributed by atoms with Crippen LogP contribution in [0.5, 0.6) is 5.75 Å². The molecule has 2 N–H and O–H groups in total. The van der Waals surface area contributed by atoms with Gasteiger partial charge in [-0.05, 0) is 12.5 Å². The van der Waals surface area contributed by atoms with Crippen LogP contribution in [-0.4, -0.2) is 28.6 Å². The Labute approximate surface area is 130 Å². The Kier molecular flexibility index (Phi) is 4.06. The molecule has 0 saturated carbocycles. The van der Waals surface area contributed by atoms with Crippen molar-refractivity contribution in [1.29, 1.82) is 0 Å². The number of rotatable bonds is 4. The van der Waals surface area contributed by atoms with Crippen molar-refractivity contribution in [2.45, 2.75) is 18.9 Å². The number of carbonyl (C=O) groups excluding carboxylic acids is 1. The first-order valence-electron chi connectivity index (χ1n) is 6.82. The number of fused-ring (bicyclic) bond motifs is 1. The number of aromatic carboxylic acids is 1. The topological polar surface area (TPSA) is 88.5 Å². The van der Waals surface area contributed by atoms with Crippen LogP contribution >= 0.6 is 11.3 Å². The van der Waals surface area contributed by atoms with Crippen molar-refractivity contribution in [2.24, 2.45) is 0 Å². The Hall–Kier alpha value is -2.41. The highest BCUT2D eigenvalue weighted by atomic mass is 32.1. The zero-order chi connectivity index (χ0) is 15.5. The number of carboxylic acids is 1. The first-order valence-corrected chi connectivity index (χ1v) is 7.70. The molecule has 0 spiro atoms.